The van der Waals surface area contributed by atoms with Crippen LogP contribution in [0, 0.1) is 12.3 Å². The molecule has 124 valence electrons. The molecule has 1 unspecified atom stereocenters. The van der Waals surface area contributed by atoms with Gasteiger partial charge in [-0.05, 0) is 12.8 Å². The van der Waals surface area contributed by atoms with Gasteiger partial charge in [-0.15, -0.1) is 12.3 Å². The van der Waals surface area contributed by atoms with Gasteiger partial charge in [0.25, 0.3) is 0 Å². The molecule has 2 aliphatic heterocycles. The zero-order valence-electron chi connectivity index (χ0n) is 12.8. The number of aliphatic carboxylic acids is 1. The molecule has 0 bridgehead atoms. The van der Waals surface area contributed by atoms with Crippen LogP contribution in [0.15, 0.2) is 10.2 Å². The summed E-state index contributed by atoms with van der Waals surface area (Å²) < 4.78 is 0. The summed E-state index contributed by atoms with van der Waals surface area (Å²) in [5, 5.41) is 18.9. The molecule has 0 aromatic rings. The van der Waals surface area contributed by atoms with E-state index in [0.717, 1.165) is 6.42 Å². The van der Waals surface area contributed by atoms with E-state index in [1.807, 2.05) is 0 Å². The van der Waals surface area contributed by atoms with Crippen molar-refractivity contribution >= 4 is 17.8 Å². The summed E-state index contributed by atoms with van der Waals surface area (Å²) in [6.07, 6.45) is 8.45. The summed E-state index contributed by atoms with van der Waals surface area (Å²) in [5.41, 5.74) is -0.511. The number of rotatable bonds is 8. The summed E-state index contributed by atoms with van der Waals surface area (Å²) in [5.74, 6) is 0.881. The molecule has 2 aliphatic rings. The minimum atomic E-state index is -1.11. The van der Waals surface area contributed by atoms with Crippen LogP contribution in [0.25, 0.3) is 0 Å². The van der Waals surface area contributed by atoms with E-state index in [4.69, 9.17) is 11.5 Å². The van der Waals surface area contributed by atoms with E-state index in [0.29, 0.717) is 32.2 Å². The third kappa shape index (κ3) is 4.52. The molecule has 0 aliphatic carbocycles. The molecule has 2 N–H and O–H groups in total. The van der Waals surface area contributed by atoms with Gasteiger partial charge in [0.05, 0.1) is 0 Å². The van der Waals surface area contributed by atoms with Crippen LogP contribution in [0.5, 0.6) is 0 Å². The van der Waals surface area contributed by atoms with Crippen LogP contribution in [0.4, 0.5) is 0 Å². The Kier molecular flexibility index (Phi) is 5.32. The third-order valence-electron chi connectivity index (χ3n) is 4.08. The number of nitrogens with one attached hydrogen (secondary N) is 1. The first kappa shape index (κ1) is 16.9. The molecule has 0 aromatic carbocycles. The topological polar surface area (TPSA) is 111 Å². The molecule has 1 fully saturated rings. The van der Waals surface area contributed by atoms with E-state index in [9.17, 15) is 14.4 Å². The molecule has 0 saturated carbocycles. The largest absolute Gasteiger partial charge is 0.480 e. The Balaban J connectivity index is 1.82. The van der Waals surface area contributed by atoms with E-state index in [1.54, 1.807) is 0 Å². The summed E-state index contributed by atoms with van der Waals surface area (Å²) in [6, 6.07) is -0.586. The zero-order valence-corrected chi connectivity index (χ0v) is 12.8. The maximum absolute atomic E-state index is 12.4. The van der Waals surface area contributed by atoms with Gasteiger partial charge in [0.2, 0.25) is 11.8 Å². The number of carbonyl (C=O) groups is 3. The lowest BCUT2D eigenvalue weighted by Gasteiger charge is -2.24. The molecule has 2 amide bonds. The third-order valence-corrected chi connectivity index (χ3v) is 4.08. The fourth-order valence-electron chi connectivity index (χ4n) is 2.74. The van der Waals surface area contributed by atoms with Crippen molar-refractivity contribution in [1.29, 1.82) is 0 Å². The number of carboxylic acid groups (broad SMARTS) is 1. The zero-order chi connectivity index (χ0) is 16.9. The van der Waals surface area contributed by atoms with E-state index >= 15 is 0 Å². The van der Waals surface area contributed by atoms with Crippen LogP contribution in [-0.2, 0) is 14.4 Å². The molecular formula is C15H20N4O4. The molecule has 1 atom stereocenters. The predicted octanol–water partition coefficient (Wildman–Crippen LogP) is 0.534. The van der Waals surface area contributed by atoms with E-state index < -0.39 is 30.1 Å². The maximum Gasteiger partial charge on any atom is 0.322 e. The Morgan fingerprint density at radius 3 is 2.70 bits per heavy atom. The van der Waals surface area contributed by atoms with Crippen molar-refractivity contribution in [1.82, 2.24) is 10.2 Å². The van der Waals surface area contributed by atoms with E-state index in [-0.39, 0.29) is 12.3 Å². The Hall–Kier alpha value is -2.43. The van der Waals surface area contributed by atoms with Gasteiger partial charge < -0.3 is 15.3 Å². The fraction of sp³-hybridized carbons (Fsp3) is 0.667. The van der Waals surface area contributed by atoms with E-state index in [2.05, 4.69) is 21.5 Å². The lowest BCUT2D eigenvalue weighted by molar-refractivity contribution is -0.141. The highest BCUT2D eigenvalue weighted by molar-refractivity contribution is 5.89. The van der Waals surface area contributed by atoms with Crippen molar-refractivity contribution in [3.8, 4) is 12.3 Å². The number of carboxylic acids is 1. The number of hydrogen-bond donors (Lipinski definition) is 2. The monoisotopic (exact) mass is 320 g/mol. The van der Waals surface area contributed by atoms with Gasteiger partial charge in [-0.1, -0.05) is 0 Å². The molecule has 0 spiro atoms. The molecule has 8 heteroatoms. The first-order valence-electron chi connectivity index (χ1n) is 7.64. The Bertz CT molecular complexity index is 560. The van der Waals surface area contributed by atoms with Gasteiger partial charge in [-0.2, -0.15) is 10.2 Å². The average molecular weight is 320 g/mol. The number of terminal acetylenes is 1. The molecule has 23 heavy (non-hydrogen) atoms. The number of carbonyl (C=O) groups excluding carboxylic acids is 2. The number of amides is 2. The fourth-order valence-corrected chi connectivity index (χ4v) is 2.74. The van der Waals surface area contributed by atoms with Gasteiger partial charge in [0, 0.05) is 32.2 Å². The average Bonchev–Trinajstić information content (AvgIpc) is 3.12. The highest BCUT2D eigenvalue weighted by atomic mass is 16.4. The lowest BCUT2D eigenvalue weighted by atomic mass is 10.0. The Morgan fingerprint density at radius 1 is 1.35 bits per heavy atom. The number of likely N-dealkylation sites (tertiary alicyclic amines) is 1. The van der Waals surface area contributed by atoms with Crippen LogP contribution < -0.4 is 5.32 Å². The predicted molar refractivity (Wildman–Crippen MR) is 80.3 cm³/mol. The van der Waals surface area contributed by atoms with Crippen LogP contribution in [-0.4, -0.2) is 52.6 Å². The first-order valence-corrected chi connectivity index (χ1v) is 7.64. The second-order valence-corrected chi connectivity index (χ2v) is 5.74. The van der Waals surface area contributed by atoms with Crippen LogP contribution in [0.2, 0.25) is 0 Å². The van der Waals surface area contributed by atoms with Crippen LogP contribution >= 0.6 is 0 Å². The number of hydrogen-bond acceptors (Lipinski definition) is 5. The summed E-state index contributed by atoms with van der Waals surface area (Å²) in [6.45, 7) is 0.0694. The van der Waals surface area contributed by atoms with Crippen molar-refractivity contribution < 1.29 is 19.5 Å². The molecule has 2 heterocycles. The lowest BCUT2D eigenvalue weighted by Crippen LogP contribution is -2.47. The smallest absolute Gasteiger partial charge is 0.322 e. The second-order valence-electron chi connectivity index (χ2n) is 5.74. The molecule has 0 radical (unpaired) electrons. The van der Waals surface area contributed by atoms with Crippen molar-refractivity contribution in [2.24, 2.45) is 10.2 Å². The molecule has 1 saturated heterocycles. The minimum absolute atomic E-state index is 0.129. The van der Waals surface area contributed by atoms with Crippen LogP contribution in [0.1, 0.15) is 38.5 Å². The highest BCUT2D eigenvalue weighted by Gasteiger charge is 2.41. The molecule has 2 rings (SSSR count). The standard InChI is InChI=1S/C15H20N4O4/c1-2-3-7-15(17-18-15)8-6-12(20)19-9-4-5-11(19)14(23)16-10-13(21)22/h1,11H,3-10H2,(H,16,23)(H,21,22). The van der Waals surface area contributed by atoms with Gasteiger partial charge in [0.15, 0.2) is 5.66 Å². The van der Waals surface area contributed by atoms with Crippen molar-refractivity contribution in [2.45, 2.75) is 50.2 Å². The molecule has 8 nitrogen and oxygen atoms in total. The Labute approximate surface area is 134 Å². The van der Waals surface area contributed by atoms with Crippen molar-refractivity contribution in [3.05, 3.63) is 0 Å². The SMILES string of the molecule is C#CCCC1(CCC(=O)N2CCCC2C(=O)NCC(=O)O)N=N1. The number of nitrogens with zero attached hydrogens (tertiary/aromatic N) is 3. The summed E-state index contributed by atoms with van der Waals surface area (Å²) in [4.78, 5) is 36.4. The van der Waals surface area contributed by atoms with Crippen molar-refractivity contribution in [2.75, 3.05) is 13.1 Å². The maximum atomic E-state index is 12.4. The molecular weight excluding hydrogens is 300 g/mol. The van der Waals surface area contributed by atoms with Crippen LogP contribution in [0.3, 0.4) is 0 Å². The minimum Gasteiger partial charge on any atom is -0.480 e. The van der Waals surface area contributed by atoms with Gasteiger partial charge >= 0.3 is 5.97 Å². The molecule has 0 aromatic heterocycles. The summed E-state index contributed by atoms with van der Waals surface area (Å²) in [7, 11) is 0. The highest BCUT2D eigenvalue weighted by Crippen LogP contribution is 2.38. The van der Waals surface area contributed by atoms with Gasteiger partial charge in [-0.25, -0.2) is 0 Å². The van der Waals surface area contributed by atoms with Gasteiger partial charge in [-0.3, -0.25) is 14.4 Å². The summed E-state index contributed by atoms with van der Waals surface area (Å²) >= 11 is 0. The van der Waals surface area contributed by atoms with E-state index in [1.165, 1.54) is 4.90 Å². The quantitative estimate of drug-likeness (QED) is 0.635. The first-order chi connectivity index (χ1) is 11.0. The normalized spacial score (nSPS) is 20.8. The second kappa shape index (κ2) is 7.22. The van der Waals surface area contributed by atoms with Gasteiger partial charge in [0.1, 0.15) is 12.6 Å². The van der Waals surface area contributed by atoms with Crippen molar-refractivity contribution in [3.63, 3.8) is 0 Å². The Morgan fingerprint density at radius 2 is 2.09 bits per heavy atom.